The number of piperidine rings is 2. The molecule has 2 atom stereocenters. The second-order valence-corrected chi connectivity index (χ2v) is 13.4. The highest BCUT2D eigenvalue weighted by Crippen LogP contribution is 2.44. The average molecular weight is 639 g/mol. The van der Waals surface area contributed by atoms with Gasteiger partial charge in [-0.05, 0) is 86.8 Å². The van der Waals surface area contributed by atoms with E-state index in [-0.39, 0.29) is 36.1 Å². The number of benzene rings is 2. The number of amides is 2. The first kappa shape index (κ1) is 32.7. The molecule has 0 aliphatic carbocycles. The summed E-state index contributed by atoms with van der Waals surface area (Å²) in [7, 11) is 1.61. The maximum atomic E-state index is 17.4. The van der Waals surface area contributed by atoms with Gasteiger partial charge in [0.15, 0.2) is 0 Å². The standard InChI is InChI=1S/C36H48F2N4O4/c1-3-39-34(43)27-12-16-40(17-13-27)33-22-28(37)6-9-31(33)25-10-18-41(19-11-25)35(44)36(38)24-42(29-14-20-46-21-15-29)23-32(36)26-4-7-30(45-2)8-5-26/h4-9,22,25,27,29,32H,3,10-21,23-24H2,1-2H3,(H,39,43)/t32-,36-/m0/s1. The number of methoxy groups -OCH3 is 1. The first-order valence-electron chi connectivity index (χ1n) is 17.1. The van der Waals surface area contributed by atoms with Crippen LogP contribution >= 0.6 is 0 Å². The van der Waals surface area contributed by atoms with E-state index in [1.807, 2.05) is 37.3 Å². The van der Waals surface area contributed by atoms with E-state index in [9.17, 15) is 14.0 Å². The Bertz CT molecular complexity index is 1350. The molecule has 10 heteroatoms. The van der Waals surface area contributed by atoms with Crippen LogP contribution in [0.4, 0.5) is 14.5 Å². The number of nitrogens with one attached hydrogen (secondary N) is 1. The van der Waals surface area contributed by atoms with Gasteiger partial charge < -0.3 is 24.6 Å². The van der Waals surface area contributed by atoms with Crippen LogP contribution in [0.5, 0.6) is 5.75 Å². The number of likely N-dealkylation sites (tertiary alicyclic amines) is 2. The van der Waals surface area contributed by atoms with E-state index in [2.05, 4.69) is 15.1 Å². The minimum absolute atomic E-state index is 0.0184. The minimum atomic E-state index is -2.03. The van der Waals surface area contributed by atoms with Crippen molar-refractivity contribution in [3.8, 4) is 5.75 Å². The topological polar surface area (TPSA) is 74.4 Å². The lowest BCUT2D eigenvalue weighted by Crippen LogP contribution is -2.53. The maximum Gasteiger partial charge on any atom is 0.262 e. The molecule has 0 saturated carbocycles. The third-order valence-electron chi connectivity index (χ3n) is 10.8. The third kappa shape index (κ3) is 6.74. The maximum absolute atomic E-state index is 17.4. The van der Waals surface area contributed by atoms with Gasteiger partial charge in [0, 0.05) is 82.6 Å². The summed E-state index contributed by atoms with van der Waals surface area (Å²) in [4.78, 5) is 32.6. The molecule has 0 spiro atoms. The number of halogens is 2. The molecule has 4 aliphatic rings. The molecule has 4 aliphatic heterocycles. The van der Waals surface area contributed by atoms with Gasteiger partial charge in [0.1, 0.15) is 11.6 Å². The predicted molar refractivity (Wildman–Crippen MR) is 174 cm³/mol. The Morgan fingerprint density at radius 1 is 0.978 bits per heavy atom. The van der Waals surface area contributed by atoms with Crippen LogP contribution in [-0.4, -0.2) is 99.5 Å². The molecule has 250 valence electrons. The molecule has 4 heterocycles. The quantitative estimate of drug-likeness (QED) is 0.445. The highest BCUT2D eigenvalue weighted by atomic mass is 19.1. The Balaban J connectivity index is 1.15. The molecule has 8 nitrogen and oxygen atoms in total. The van der Waals surface area contributed by atoms with Crippen LogP contribution in [0, 0.1) is 11.7 Å². The molecular weight excluding hydrogens is 590 g/mol. The Hall–Kier alpha value is -3.24. The van der Waals surface area contributed by atoms with Crippen LogP contribution in [0.3, 0.4) is 0 Å². The van der Waals surface area contributed by atoms with Gasteiger partial charge in [-0.2, -0.15) is 0 Å². The fraction of sp³-hybridized carbons (Fsp3) is 0.611. The number of hydrogen-bond acceptors (Lipinski definition) is 6. The molecule has 6 rings (SSSR count). The van der Waals surface area contributed by atoms with Gasteiger partial charge >= 0.3 is 0 Å². The van der Waals surface area contributed by atoms with E-state index >= 15 is 4.39 Å². The lowest BCUT2D eigenvalue weighted by Gasteiger charge is -2.39. The number of ether oxygens (including phenoxy) is 2. The molecule has 2 amide bonds. The first-order valence-corrected chi connectivity index (χ1v) is 17.1. The molecule has 4 fully saturated rings. The molecule has 0 aromatic heterocycles. The van der Waals surface area contributed by atoms with Crippen molar-refractivity contribution >= 4 is 17.5 Å². The molecule has 0 radical (unpaired) electrons. The van der Waals surface area contributed by atoms with Crippen molar-refractivity contribution in [2.45, 2.75) is 69.0 Å². The van der Waals surface area contributed by atoms with E-state index < -0.39 is 17.5 Å². The van der Waals surface area contributed by atoms with E-state index in [0.717, 1.165) is 42.5 Å². The zero-order chi connectivity index (χ0) is 32.3. The van der Waals surface area contributed by atoms with Crippen LogP contribution in [0.2, 0.25) is 0 Å². The smallest absolute Gasteiger partial charge is 0.262 e. The molecule has 1 N–H and O–H groups in total. The summed E-state index contributed by atoms with van der Waals surface area (Å²) in [6, 6.07) is 12.7. The van der Waals surface area contributed by atoms with Gasteiger partial charge in [-0.1, -0.05) is 18.2 Å². The number of hydrogen-bond donors (Lipinski definition) is 1. The number of alkyl halides is 1. The van der Waals surface area contributed by atoms with Gasteiger partial charge in [0.25, 0.3) is 5.91 Å². The zero-order valence-corrected chi connectivity index (χ0v) is 27.2. The number of carbonyl (C=O) groups is 2. The second kappa shape index (κ2) is 14.3. The average Bonchev–Trinajstić information content (AvgIpc) is 3.47. The summed E-state index contributed by atoms with van der Waals surface area (Å²) in [6.45, 7) is 6.73. The van der Waals surface area contributed by atoms with Crippen LogP contribution in [0.25, 0.3) is 0 Å². The van der Waals surface area contributed by atoms with Crippen molar-refractivity contribution < 1.29 is 27.8 Å². The fourth-order valence-electron chi connectivity index (χ4n) is 8.09. The summed E-state index contributed by atoms with van der Waals surface area (Å²) in [6.07, 6.45) is 4.52. The Kier molecular flexibility index (Phi) is 10.1. The Morgan fingerprint density at radius 2 is 1.67 bits per heavy atom. The summed E-state index contributed by atoms with van der Waals surface area (Å²) in [5.74, 6) is -0.364. The van der Waals surface area contributed by atoms with Crippen molar-refractivity contribution in [1.82, 2.24) is 15.1 Å². The van der Waals surface area contributed by atoms with Gasteiger partial charge in [-0.15, -0.1) is 0 Å². The first-order chi connectivity index (χ1) is 22.3. The SMILES string of the molecule is CCNC(=O)C1CCN(c2cc(F)ccc2C2CCN(C(=O)[C@]3(F)CN(C4CCOCC4)C[C@H]3c3ccc(OC)cc3)CC2)CC1. The van der Waals surface area contributed by atoms with Crippen LogP contribution in [0.1, 0.15) is 68.4 Å². The molecule has 0 bridgehead atoms. The third-order valence-corrected chi connectivity index (χ3v) is 10.8. The van der Waals surface area contributed by atoms with Crippen molar-refractivity contribution in [3.05, 3.63) is 59.4 Å². The zero-order valence-electron chi connectivity index (χ0n) is 27.2. The van der Waals surface area contributed by atoms with Crippen molar-refractivity contribution in [3.63, 3.8) is 0 Å². The van der Waals surface area contributed by atoms with E-state index in [1.165, 1.54) is 6.07 Å². The Labute approximate surface area is 271 Å². The number of anilines is 1. The molecule has 4 saturated heterocycles. The highest BCUT2D eigenvalue weighted by molar-refractivity contribution is 5.87. The summed E-state index contributed by atoms with van der Waals surface area (Å²) >= 11 is 0. The number of carbonyl (C=O) groups excluding carboxylic acids is 2. The van der Waals surface area contributed by atoms with Crippen LogP contribution in [0.15, 0.2) is 42.5 Å². The lowest BCUT2D eigenvalue weighted by molar-refractivity contribution is -0.145. The second-order valence-electron chi connectivity index (χ2n) is 13.4. The predicted octanol–water partition coefficient (Wildman–Crippen LogP) is 4.88. The van der Waals surface area contributed by atoms with Gasteiger partial charge in [0.05, 0.1) is 7.11 Å². The fourth-order valence-corrected chi connectivity index (χ4v) is 8.09. The molecule has 2 aromatic rings. The van der Waals surface area contributed by atoms with Gasteiger partial charge in [0.2, 0.25) is 11.6 Å². The molecule has 46 heavy (non-hydrogen) atoms. The summed E-state index contributed by atoms with van der Waals surface area (Å²) in [5.41, 5.74) is 0.731. The van der Waals surface area contributed by atoms with Gasteiger partial charge in [-0.25, -0.2) is 8.78 Å². The van der Waals surface area contributed by atoms with E-state index in [1.54, 1.807) is 18.1 Å². The number of nitrogens with zero attached hydrogens (tertiary/aromatic N) is 3. The molecular formula is C36H48F2N4O4. The largest absolute Gasteiger partial charge is 0.497 e. The summed E-state index contributed by atoms with van der Waals surface area (Å²) in [5, 5.41) is 2.92. The van der Waals surface area contributed by atoms with Crippen LogP contribution < -0.4 is 15.0 Å². The normalized spacial score (nSPS) is 25.5. The Morgan fingerprint density at radius 3 is 2.33 bits per heavy atom. The van der Waals surface area contributed by atoms with Crippen molar-refractivity contribution in [2.24, 2.45) is 5.92 Å². The monoisotopic (exact) mass is 638 g/mol. The van der Waals surface area contributed by atoms with Crippen LogP contribution in [-0.2, 0) is 14.3 Å². The lowest BCUT2D eigenvalue weighted by atomic mass is 9.83. The van der Waals surface area contributed by atoms with E-state index in [0.29, 0.717) is 71.1 Å². The minimum Gasteiger partial charge on any atom is -0.497 e. The highest BCUT2D eigenvalue weighted by Gasteiger charge is 2.56. The van der Waals surface area contributed by atoms with Gasteiger partial charge in [-0.3, -0.25) is 14.5 Å². The van der Waals surface area contributed by atoms with Crippen molar-refractivity contribution in [1.29, 1.82) is 0 Å². The summed E-state index contributed by atoms with van der Waals surface area (Å²) < 4.78 is 42.8. The molecule has 0 unspecified atom stereocenters. The molecule has 2 aromatic carbocycles. The number of rotatable bonds is 8. The van der Waals surface area contributed by atoms with E-state index in [4.69, 9.17) is 9.47 Å². The van der Waals surface area contributed by atoms with Crippen molar-refractivity contribution in [2.75, 3.05) is 71.0 Å².